The number of benzene rings is 1. The van der Waals surface area contributed by atoms with Crippen LogP contribution in [0.3, 0.4) is 0 Å². The van der Waals surface area contributed by atoms with Gasteiger partial charge in [0, 0.05) is 13.1 Å². The minimum atomic E-state index is -0.830. The molecule has 0 saturated carbocycles. The van der Waals surface area contributed by atoms with Gasteiger partial charge in [0.1, 0.15) is 5.75 Å². The summed E-state index contributed by atoms with van der Waals surface area (Å²) in [6, 6.07) is 7.45. The maximum absolute atomic E-state index is 12.8. The molecule has 0 aromatic heterocycles. The predicted octanol–water partition coefficient (Wildman–Crippen LogP) is 2.76. The van der Waals surface area contributed by atoms with E-state index in [-0.39, 0.29) is 24.3 Å². The molecule has 5 heteroatoms. The molecule has 0 bridgehead atoms. The van der Waals surface area contributed by atoms with Crippen molar-refractivity contribution in [3.63, 3.8) is 0 Å². The fourth-order valence-corrected chi connectivity index (χ4v) is 3.24. The van der Waals surface area contributed by atoms with Crippen molar-refractivity contribution in [2.24, 2.45) is 11.3 Å². The average molecular weight is 319 g/mol. The zero-order chi connectivity index (χ0) is 17.2. The van der Waals surface area contributed by atoms with Crippen molar-refractivity contribution in [2.75, 3.05) is 20.2 Å². The van der Waals surface area contributed by atoms with Gasteiger partial charge in [-0.2, -0.15) is 0 Å². The maximum atomic E-state index is 12.8. The second-order valence-electron chi connectivity index (χ2n) is 6.62. The van der Waals surface area contributed by atoms with E-state index < -0.39 is 11.4 Å². The summed E-state index contributed by atoms with van der Waals surface area (Å²) < 4.78 is 5.20. The summed E-state index contributed by atoms with van der Waals surface area (Å²) in [4.78, 5) is 26.2. The molecule has 1 aromatic rings. The highest BCUT2D eigenvalue weighted by atomic mass is 16.5. The number of aliphatic carboxylic acids is 1. The third-order valence-electron chi connectivity index (χ3n) is 5.11. The van der Waals surface area contributed by atoms with Crippen LogP contribution in [0.25, 0.3) is 0 Å². The van der Waals surface area contributed by atoms with Crippen molar-refractivity contribution in [1.82, 2.24) is 4.90 Å². The highest BCUT2D eigenvalue weighted by molar-refractivity contribution is 5.85. The number of carbonyl (C=O) groups is 2. The van der Waals surface area contributed by atoms with Gasteiger partial charge in [0.2, 0.25) is 5.91 Å². The third-order valence-corrected chi connectivity index (χ3v) is 5.11. The van der Waals surface area contributed by atoms with Crippen LogP contribution < -0.4 is 4.74 Å². The second-order valence-corrected chi connectivity index (χ2v) is 6.62. The first kappa shape index (κ1) is 17.3. The van der Waals surface area contributed by atoms with Crippen LogP contribution in [0.4, 0.5) is 0 Å². The number of likely N-dealkylation sites (tertiary alicyclic amines) is 1. The average Bonchev–Trinajstić information content (AvgIpc) is 3.00. The molecule has 1 fully saturated rings. The summed E-state index contributed by atoms with van der Waals surface area (Å²) in [5.41, 5.74) is 0.0516. The Morgan fingerprint density at radius 1 is 1.30 bits per heavy atom. The summed E-state index contributed by atoms with van der Waals surface area (Å²) in [5, 5.41) is 9.60. The minimum absolute atomic E-state index is 0.00933. The van der Waals surface area contributed by atoms with Gasteiger partial charge in [0.15, 0.2) is 0 Å². The number of carbonyl (C=O) groups excluding carboxylic acids is 1. The highest BCUT2D eigenvalue weighted by Crippen LogP contribution is 2.39. The molecular formula is C18H25NO4. The highest BCUT2D eigenvalue weighted by Gasteiger charge is 2.48. The first-order valence-corrected chi connectivity index (χ1v) is 7.98. The van der Waals surface area contributed by atoms with Crippen molar-refractivity contribution in [2.45, 2.75) is 33.1 Å². The zero-order valence-electron chi connectivity index (χ0n) is 14.2. The van der Waals surface area contributed by atoms with Crippen LogP contribution in [0, 0.1) is 11.3 Å². The number of hydrogen-bond donors (Lipinski definition) is 1. The van der Waals surface area contributed by atoms with Crippen molar-refractivity contribution in [3.05, 3.63) is 29.8 Å². The third kappa shape index (κ3) is 3.19. The van der Waals surface area contributed by atoms with Crippen LogP contribution in [-0.4, -0.2) is 42.1 Å². The molecule has 23 heavy (non-hydrogen) atoms. The van der Waals surface area contributed by atoms with Gasteiger partial charge in [-0.15, -0.1) is 0 Å². The largest absolute Gasteiger partial charge is 0.497 e. The molecule has 0 spiro atoms. The van der Waals surface area contributed by atoms with E-state index in [0.29, 0.717) is 18.7 Å². The molecule has 2 rings (SSSR count). The number of carboxylic acid groups (broad SMARTS) is 1. The SMILES string of the molecule is COc1cccc(C(C)C(=O)N2CCC(C(=O)O)(C(C)C)C2)c1. The van der Waals surface area contributed by atoms with Crippen LogP contribution in [0.5, 0.6) is 5.75 Å². The van der Waals surface area contributed by atoms with E-state index in [1.54, 1.807) is 12.0 Å². The van der Waals surface area contributed by atoms with E-state index in [1.807, 2.05) is 45.0 Å². The Kier molecular flexibility index (Phi) is 4.97. The number of amides is 1. The number of carboxylic acids is 1. The van der Waals surface area contributed by atoms with E-state index in [1.165, 1.54) is 0 Å². The molecule has 126 valence electrons. The van der Waals surface area contributed by atoms with Crippen molar-refractivity contribution in [1.29, 1.82) is 0 Å². The Labute approximate surface area is 137 Å². The standard InChI is InChI=1S/C18H25NO4/c1-12(2)18(17(21)22)8-9-19(11-18)16(20)13(3)14-6-5-7-15(10-14)23-4/h5-7,10,12-13H,8-9,11H2,1-4H3,(H,21,22). The number of hydrogen-bond acceptors (Lipinski definition) is 3. The lowest BCUT2D eigenvalue weighted by atomic mass is 9.76. The Morgan fingerprint density at radius 3 is 2.52 bits per heavy atom. The molecule has 0 radical (unpaired) electrons. The lowest BCUT2D eigenvalue weighted by Crippen LogP contribution is -2.41. The molecule has 1 heterocycles. The molecule has 1 aliphatic heterocycles. The lowest BCUT2D eigenvalue weighted by Gasteiger charge is -2.29. The fourth-order valence-electron chi connectivity index (χ4n) is 3.24. The van der Waals surface area contributed by atoms with Gasteiger partial charge in [-0.1, -0.05) is 26.0 Å². The molecule has 1 aromatic carbocycles. The fraction of sp³-hybridized carbons (Fsp3) is 0.556. The lowest BCUT2D eigenvalue weighted by molar-refractivity contribution is -0.151. The Hall–Kier alpha value is -2.04. The Bertz CT molecular complexity index is 598. The van der Waals surface area contributed by atoms with Crippen LogP contribution in [-0.2, 0) is 9.59 Å². The number of nitrogens with zero attached hydrogens (tertiary/aromatic N) is 1. The van der Waals surface area contributed by atoms with Crippen molar-refractivity contribution in [3.8, 4) is 5.75 Å². The quantitative estimate of drug-likeness (QED) is 0.906. The van der Waals surface area contributed by atoms with Gasteiger partial charge in [-0.3, -0.25) is 9.59 Å². The first-order chi connectivity index (χ1) is 10.8. The molecule has 2 atom stereocenters. The van der Waals surface area contributed by atoms with Crippen LogP contribution in [0.2, 0.25) is 0 Å². The van der Waals surface area contributed by atoms with Crippen molar-refractivity contribution < 1.29 is 19.4 Å². The van der Waals surface area contributed by atoms with Crippen LogP contribution in [0.1, 0.15) is 38.7 Å². The number of rotatable bonds is 5. The van der Waals surface area contributed by atoms with E-state index in [0.717, 1.165) is 5.56 Å². The van der Waals surface area contributed by atoms with Crippen LogP contribution in [0.15, 0.2) is 24.3 Å². The maximum Gasteiger partial charge on any atom is 0.311 e. The second kappa shape index (κ2) is 6.60. The summed E-state index contributed by atoms with van der Waals surface area (Å²) in [6.07, 6.45) is 0.510. The predicted molar refractivity (Wildman–Crippen MR) is 87.5 cm³/mol. The summed E-state index contributed by atoms with van der Waals surface area (Å²) in [6.45, 7) is 6.46. The molecular weight excluding hydrogens is 294 g/mol. The number of methoxy groups -OCH3 is 1. The Morgan fingerprint density at radius 2 is 2.00 bits per heavy atom. The molecule has 0 aliphatic carbocycles. The summed E-state index contributed by atoms with van der Waals surface area (Å²) in [5.74, 6) is -0.448. The van der Waals surface area contributed by atoms with Gasteiger partial charge < -0.3 is 14.7 Å². The minimum Gasteiger partial charge on any atom is -0.497 e. The zero-order valence-corrected chi connectivity index (χ0v) is 14.2. The topological polar surface area (TPSA) is 66.8 Å². The summed E-state index contributed by atoms with van der Waals surface area (Å²) in [7, 11) is 1.59. The van der Waals surface area contributed by atoms with E-state index in [2.05, 4.69) is 0 Å². The molecule has 1 amide bonds. The van der Waals surface area contributed by atoms with E-state index in [4.69, 9.17) is 4.74 Å². The van der Waals surface area contributed by atoms with Crippen molar-refractivity contribution >= 4 is 11.9 Å². The normalized spacial score (nSPS) is 22.2. The van der Waals surface area contributed by atoms with Gasteiger partial charge in [0.05, 0.1) is 18.4 Å². The van der Waals surface area contributed by atoms with Gasteiger partial charge in [0.25, 0.3) is 0 Å². The first-order valence-electron chi connectivity index (χ1n) is 7.98. The number of ether oxygens (including phenoxy) is 1. The van der Waals surface area contributed by atoms with Gasteiger partial charge in [-0.05, 0) is 37.0 Å². The monoisotopic (exact) mass is 319 g/mol. The summed E-state index contributed by atoms with van der Waals surface area (Å²) >= 11 is 0. The van der Waals surface area contributed by atoms with E-state index >= 15 is 0 Å². The van der Waals surface area contributed by atoms with E-state index in [9.17, 15) is 14.7 Å². The molecule has 1 saturated heterocycles. The molecule has 5 nitrogen and oxygen atoms in total. The van der Waals surface area contributed by atoms with Gasteiger partial charge >= 0.3 is 5.97 Å². The molecule has 1 aliphatic rings. The Balaban J connectivity index is 2.16. The molecule has 2 unspecified atom stereocenters. The smallest absolute Gasteiger partial charge is 0.311 e. The van der Waals surface area contributed by atoms with Crippen LogP contribution >= 0.6 is 0 Å². The molecule has 1 N–H and O–H groups in total. The van der Waals surface area contributed by atoms with Gasteiger partial charge in [-0.25, -0.2) is 0 Å².